The molecule has 1 aliphatic carbocycles. The van der Waals surface area contributed by atoms with Gasteiger partial charge in [-0.1, -0.05) is 12.8 Å². The summed E-state index contributed by atoms with van der Waals surface area (Å²) in [7, 11) is 2.17. The van der Waals surface area contributed by atoms with Gasteiger partial charge in [-0.15, -0.1) is 0 Å². The largest absolute Gasteiger partial charge is 0.336 e. The van der Waals surface area contributed by atoms with Crippen molar-refractivity contribution < 1.29 is 4.79 Å². The molecule has 0 spiro atoms. The maximum atomic E-state index is 12.8. The van der Waals surface area contributed by atoms with Crippen LogP contribution in [-0.2, 0) is 0 Å². The van der Waals surface area contributed by atoms with Gasteiger partial charge in [-0.05, 0) is 57.4 Å². The topological polar surface area (TPSA) is 48.5 Å². The molecule has 132 valence electrons. The van der Waals surface area contributed by atoms with Crippen LogP contribution in [0.3, 0.4) is 0 Å². The van der Waals surface area contributed by atoms with E-state index in [1.807, 2.05) is 29.4 Å². The van der Waals surface area contributed by atoms with Crippen LogP contribution in [0.1, 0.15) is 57.1 Å². The summed E-state index contributed by atoms with van der Waals surface area (Å²) < 4.78 is 0. The summed E-state index contributed by atoms with van der Waals surface area (Å²) >= 11 is 0. The van der Waals surface area contributed by atoms with E-state index < -0.39 is 0 Å². The molecule has 2 fully saturated rings. The number of pyridine rings is 1. The number of rotatable bonds is 5. The molecule has 1 N–H and O–H groups in total. The summed E-state index contributed by atoms with van der Waals surface area (Å²) in [6.45, 7) is 3.75. The van der Waals surface area contributed by atoms with Gasteiger partial charge in [0.2, 0.25) is 0 Å². The van der Waals surface area contributed by atoms with Gasteiger partial charge in [0.05, 0.1) is 6.04 Å². The van der Waals surface area contributed by atoms with E-state index in [1.165, 1.54) is 31.2 Å². The quantitative estimate of drug-likeness (QED) is 0.902. The van der Waals surface area contributed by atoms with Gasteiger partial charge in [-0.2, -0.15) is 0 Å². The van der Waals surface area contributed by atoms with Crippen LogP contribution >= 0.6 is 0 Å². The minimum Gasteiger partial charge on any atom is -0.336 e. The zero-order chi connectivity index (χ0) is 16.9. The van der Waals surface area contributed by atoms with Crippen LogP contribution in [-0.4, -0.2) is 53.0 Å². The Labute approximate surface area is 145 Å². The number of nitrogens with one attached hydrogen (secondary N) is 1. The summed E-state index contributed by atoms with van der Waals surface area (Å²) in [6.07, 6.45) is 10.7. The van der Waals surface area contributed by atoms with E-state index in [0.717, 1.165) is 25.4 Å². The van der Waals surface area contributed by atoms with Crippen molar-refractivity contribution >= 4 is 6.03 Å². The molecule has 2 aliphatic rings. The molecule has 2 heterocycles. The first-order valence-electron chi connectivity index (χ1n) is 9.33. The third kappa shape index (κ3) is 4.26. The molecule has 0 bridgehead atoms. The number of hydrogen-bond donors (Lipinski definition) is 1. The average Bonchev–Trinajstić information content (AvgIpc) is 3.45. The van der Waals surface area contributed by atoms with Crippen molar-refractivity contribution in [2.24, 2.45) is 0 Å². The molecule has 1 aliphatic heterocycles. The number of aromatic nitrogens is 1. The van der Waals surface area contributed by atoms with Crippen LogP contribution in [0.25, 0.3) is 0 Å². The molecule has 0 radical (unpaired) electrons. The van der Waals surface area contributed by atoms with Crippen LogP contribution in [0.15, 0.2) is 24.5 Å². The average molecular weight is 330 g/mol. The predicted octanol–water partition coefficient (Wildman–Crippen LogP) is 3.19. The van der Waals surface area contributed by atoms with Gasteiger partial charge in [0.15, 0.2) is 0 Å². The number of urea groups is 1. The van der Waals surface area contributed by atoms with Gasteiger partial charge in [-0.25, -0.2) is 4.79 Å². The fraction of sp³-hybridized carbons (Fsp3) is 0.684. The van der Waals surface area contributed by atoms with E-state index in [0.29, 0.717) is 12.6 Å². The summed E-state index contributed by atoms with van der Waals surface area (Å²) in [5.74, 6) is 0. The lowest BCUT2D eigenvalue weighted by molar-refractivity contribution is 0.169. The second-order valence-corrected chi connectivity index (χ2v) is 7.27. The van der Waals surface area contributed by atoms with Crippen molar-refractivity contribution in [3.05, 3.63) is 30.1 Å². The third-order valence-corrected chi connectivity index (χ3v) is 5.47. The lowest BCUT2D eigenvalue weighted by Crippen LogP contribution is -2.47. The highest BCUT2D eigenvalue weighted by Crippen LogP contribution is 2.30. The second-order valence-electron chi connectivity index (χ2n) is 7.27. The standard InChI is InChI=1S/C19H30N4O/c1-15(22(2)17-7-8-17)14-21-19(24)23-13-5-3-4-6-18(23)16-9-11-20-12-10-16/h9-12,15,17-18H,3-8,13-14H2,1-2H3,(H,21,24). The highest BCUT2D eigenvalue weighted by atomic mass is 16.2. The highest BCUT2D eigenvalue weighted by molar-refractivity contribution is 5.74. The molecular weight excluding hydrogens is 300 g/mol. The number of amides is 2. The summed E-state index contributed by atoms with van der Waals surface area (Å²) in [5.41, 5.74) is 1.20. The number of carbonyl (C=O) groups is 1. The second kappa shape index (κ2) is 7.97. The minimum atomic E-state index is 0.0785. The molecule has 1 saturated heterocycles. The summed E-state index contributed by atoms with van der Waals surface area (Å²) in [5, 5.41) is 3.17. The molecule has 2 amide bonds. The van der Waals surface area contributed by atoms with Crippen molar-refractivity contribution in [3.8, 4) is 0 Å². The van der Waals surface area contributed by atoms with Gasteiger partial charge in [0, 0.05) is 37.6 Å². The first-order chi connectivity index (χ1) is 11.7. The van der Waals surface area contributed by atoms with Crippen LogP contribution in [0.4, 0.5) is 4.79 Å². The smallest absolute Gasteiger partial charge is 0.317 e. The van der Waals surface area contributed by atoms with E-state index in [2.05, 4.69) is 29.2 Å². The molecule has 5 nitrogen and oxygen atoms in total. The fourth-order valence-corrected chi connectivity index (χ4v) is 3.61. The molecule has 2 unspecified atom stereocenters. The normalized spacial score (nSPS) is 23.0. The summed E-state index contributed by atoms with van der Waals surface area (Å²) in [6, 6.07) is 5.44. The molecule has 0 aromatic carbocycles. The highest BCUT2D eigenvalue weighted by Gasteiger charge is 2.30. The zero-order valence-electron chi connectivity index (χ0n) is 14.9. The van der Waals surface area contributed by atoms with E-state index in [-0.39, 0.29) is 12.1 Å². The number of likely N-dealkylation sites (N-methyl/N-ethyl adjacent to an activating group) is 1. The molecule has 24 heavy (non-hydrogen) atoms. The molecule has 1 aromatic rings. The van der Waals surface area contributed by atoms with E-state index in [1.54, 1.807) is 0 Å². The van der Waals surface area contributed by atoms with E-state index in [4.69, 9.17) is 0 Å². The lowest BCUT2D eigenvalue weighted by Gasteiger charge is -2.32. The lowest BCUT2D eigenvalue weighted by atomic mass is 10.0. The maximum absolute atomic E-state index is 12.8. The Morgan fingerprint density at radius 1 is 1.29 bits per heavy atom. The van der Waals surface area contributed by atoms with Gasteiger partial charge in [0.1, 0.15) is 0 Å². The molecule has 5 heteroatoms. The molecule has 1 saturated carbocycles. The van der Waals surface area contributed by atoms with Crippen molar-refractivity contribution in [1.29, 1.82) is 0 Å². The van der Waals surface area contributed by atoms with Crippen LogP contribution in [0, 0.1) is 0 Å². The Morgan fingerprint density at radius 3 is 2.75 bits per heavy atom. The van der Waals surface area contributed by atoms with Crippen molar-refractivity contribution in [2.75, 3.05) is 20.1 Å². The van der Waals surface area contributed by atoms with Gasteiger partial charge in [0.25, 0.3) is 0 Å². The maximum Gasteiger partial charge on any atom is 0.317 e. The van der Waals surface area contributed by atoms with Gasteiger partial charge < -0.3 is 10.2 Å². The molecule has 1 aromatic heterocycles. The Balaban J connectivity index is 1.61. The SMILES string of the molecule is CC(CNC(=O)N1CCCCCC1c1ccncc1)N(C)C1CC1. The fourth-order valence-electron chi connectivity index (χ4n) is 3.61. The van der Waals surface area contributed by atoms with Crippen molar-refractivity contribution in [3.63, 3.8) is 0 Å². The first-order valence-corrected chi connectivity index (χ1v) is 9.33. The third-order valence-electron chi connectivity index (χ3n) is 5.47. The van der Waals surface area contributed by atoms with Crippen LogP contribution in [0.5, 0.6) is 0 Å². The Kier molecular flexibility index (Phi) is 5.72. The van der Waals surface area contributed by atoms with E-state index >= 15 is 0 Å². The Bertz CT molecular complexity index is 531. The Morgan fingerprint density at radius 2 is 2.04 bits per heavy atom. The number of nitrogens with zero attached hydrogens (tertiary/aromatic N) is 3. The molecule has 2 atom stereocenters. The van der Waals surface area contributed by atoms with Gasteiger partial charge in [-0.3, -0.25) is 9.88 Å². The number of carbonyl (C=O) groups excluding carboxylic acids is 1. The first kappa shape index (κ1) is 17.2. The Hall–Kier alpha value is -1.62. The molecular formula is C19H30N4O. The van der Waals surface area contributed by atoms with Crippen molar-refractivity contribution in [2.45, 2.75) is 63.6 Å². The van der Waals surface area contributed by atoms with E-state index in [9.17, 15) is 4.79 Å². The monoisotopic (exact) mass is 330 g/mol. The predicted molar refractivity (Wildman–Crippen MR) is 95.8 cm³/mol. The number of likely N-dealkylation sites (tertiary alicyclic amines) is 1. The molecule has 3 rings (SSSR count). The van der Waals surface area contributed by atoms with Crippen molar-refractivity contribution in [1.82, 2.24) is 20.1 Å². The zero-order valence-corrected chi connectivity index (χ0v) is 14.9. The summed E-state index contributed by atoms with van der Waals surface area (Å²) in [4.78, 5) is 21.4. The number of hydrogen-bond acceptors (Lipinski definition) is 3. The van der Waals surface area contributed by atoms with Gasteiger partial charge >= 0.3 is 6.03 Å². The van der Waals surface area contributed by atoms with Crippen LogP contribution < -0.4 is 5.32 Å². The van der Waals surface area contributed by atoms with Crippen LogP contribution in [0.2, 0.25) is 0 Å². The minimum absolute atomic E-state index is 0.0785.